The molecule has 1 rings (SSSR count). The van der Waals surface area contributed by atoms with E-state index in [1.165, 1.54) is 0 Å². The van der Waals surface area contributed by atoms with Gasteiger partial charge in [0.1, 0.15) is 5.84 Å². The highest BCUT2D eigenvalue weighted by atomic mass is 32.2. The van der Waals surface area contributed by atoms with Crippen molar-refractivity contribution in [2.75, 3.05) is 0 Å². The fourth-order valence-electron chi connectivity index (χ4n) is 1.31. The van der Waals surface area contributed by atoms with Crippen molar-refractivity contribution >= 4 is 17.8 Å². The maximum Gasteiger partial charge on any atom is 0.122 e. The topological polar surface area (TPSA) is 61.9 Å². The zero-order chi connectivity index (χ0) is 13.1. The number of benzene rings is 1. The second kappa shape index (κ2) is 5.56. The molecule has 0 amide bonds. The summed E-state index contributed by atoms with van der Waals surface area (Å²) >= 11 is 1.72. The summed E-state index contributed by atoms with van der Waals surface area (Å²) in [6.45, 7) is 8.62. The molecule has 0 spiro atoms. The highest BCUT2D eigenvalue weighted by Crippen LogP contribution is 2.24. The van der Waals surface area contributed by atoms with Crippen LogP contribution in [0.1, 0.15) is 44.9 Å². The predicted octanol–water partition coefficient (Wildman–Crippen LogP) is 3.07. The molecule has 0 saturated carbocycles. The number of hydrogen-bond donors (Lipinski definition) is 3. The van der Waals surface area contributed by atoms with Crippen LogP contribution in [-0.2, 0) is 0 Å². The van der Waals surface area contributed by atoms with Crippen molar-refractivity contribution in [3.63, 3.8) is 0 Å². The smallest absolute Gasteiger partial charge is 0.122 e. The Bertz CT molecular complexity index is 396. The van der Waals surface area contributed by atoms with E-state index in [1.807, 2.05) is 24.3 Å². The summed E-state index contributed by atoms with van der Waals surface area (Å²) in [5.41, 5.74) is 7.41. The molecule has 0 heterocycles. The van der Waals surface area contributed by atoms with E-state index in [0.29, 0.717) is 0 Å². The van der Waals surface area contributed by atoms with E-state index in [4.69, 9.17) is 11.1 Å². The van der Waals surface area contributed by atoms with Gasteiger partial charge in [0, 0.05) is 16.4 Å². The summed E-state index contributed by atoms with van der Waals surface area (Å²) < 4.78 is 3.60. The third kappa shape index (κ3) is 4.79. The molecule has 4 N–H and O–H groups in total. The van der Waals surface area contributed by atoms with E-state index >= 15 is 0 Å². The fraction of sp³-hybridized carbons (Fsp3) is 0.462. The van der Waals surface area contributed by atoms with Gasteiger partial charge >= 0.3 is 0 Å². The van der Waals surface area contributed by atoms with Gasteiger partial charge in [0.15, 0.2) is 0 Å². The molecule has 0 radical (unpaired) electrons. The Balaban J connectivity index is 2.72. The van der Waals surface area contributed by atoms with Crippen molar-refractivity contribution in [2.45, 2.75) is 38.5 Å². The first-order chi connectivity index (χ1) is 7.79. The van der Waals surface area contributed by atoms with Crippen LogP contribution in [0.2, 0.25) is 0 Å². The van der Waals surface area contributed by atoms with Crippen LogP contribution in [0.25, 0.3) is 0 Å². The minimum absolute atomic E-state index is 0.113. The Hall–Kier alpha value is -1.00. The molecule has 0 aliphatic carbocycles. The number of amidine groups is 1. The first-order valence-corrected chi connectivity index (χ1v) is 6.49. The van der Waals surface area contributed by atoms with Gasteiger partial charge in [-0.1, -0.05) is 30.1 Å². The van der Waals surface area contributed by atoms with Crippen LogP contribution < -0.4 is 10.5 Å². The third-order valence-corrected chi connectivity index (χ3v) is 3.32. The first kappa shape index (κ1) is 14.1. The zero-order valence-corrected chi connectivity index (χ0v) is 11.7. The molecule has 0 bridgehead atoms. The highest BCUT2D eigenvalue weighted by molar-refractivity contribution is 7.98. The molecule has 1 aromatic rings. The van der Waals surface area contributed by atoms with E-state index in [-0.39, 0.29) is 16.6 Å². The Morgan fingerprint density at radius 3 is 2.59 bits per heavy atom. The van der Waals surface area contributed by atoms with Crippen molar-refractivity contribution in [2.24, 2.45) is 5.73 Å². The van der Waals surface area contributed by atoms with E-state index in [1.54, 1.807) is 11.9 Å². The fourth-order valence-corrected chi connectivity index (χ4v) is 1.98. The lowest BCUT2D eigenvalue weighted by Gasteiger charge is -2.22. The van der Waals surface area contributed by atoms with Crippen molar-refractivity contribution in [3.8, 4) is 0 Å². The molecule has 0 fully saturated rings. The Kier molecular flexibility index (Phi) is 4.60. The second-order valence-corrected chi connectivity index (χ2v) is 6.76. The average molecular weight is 251 g/mol. The lowest BCUT2D eigenvalue weighted by atomic mass is 10.1. The molecular weight excluding hydrogens is 230 g/mol. The maximum atomic E-state index is 7.43. The van der Waals surface area contributed by atoms with Gasteiger partial charge in [-0.3, -0.25) is 10.1 Å². The van der Waals surface area contributed by atoms with Crippen LogP contribution in [0.15, 0.2) is 24.3 Å². The maximum absolute atomic E-state index is 7.43. The molecular formula is C13H21N3S. The predicted molar refractivity (Wildman–Crippen MR) is 76.4 cm³/mol. The minimum Gasteiger partial charge on any atom is -0.384 e. The lowest BCUT2D eigenvalue weighted by Crippen LogP contribution is -2.20. The van der Waals surface area contributed by atoms with Crippen LogP contribution in [0.3, 0.4) is 0 Å². The molecule has 94 valence electrons. The van der Waals surface area contributed by atoms with Gasteiger partial charge in [-0.25, -0.2) is 0 Å². The number of nitrogens with two attached hydrogens (primary N) is 1. The van der Waals surface area contributed by atoms with Crippen LogP contribution in [0.4, 0.5) is 0 Å². The van der Waals surface area contributed by atoms with Crippen molar-refractivity contribution in [3.05, 3.63) is 35.4 Å². The van der Waals surface area contributed by atoms with Crippen molar-refractivity contribution in [1.82, 2.24) is 4.72 Å². The van der Waals surface area contributed by atoms with Crippen LogP contribution in [-0.4, -0.2) is 10.6 Å². The van der Waals surface area contributed by atoms with Crippen LogP contribution in [0, 0.1) is 5.41 Å². The average Bonchev–Trinajstić information content (AvgIpc) is 2.25. The summed E-state index contributed by atoms with van der Waals surface area (Å²) in [5.74, 6) is 0.113. The van der Waals surface area contributed by atoms with Gasteiger partial charge in [0.05, 0.1) is 0 Å². The molecule has 0 aliphatic heterocycles. The quantitative estimate of drug-likeness (QED) is 0.438. The van der Waals surface area contributed by atoms with Gasteiger partial charge in [0.25, 0.3) is 0 Å². The van der Waals surface area contributed by atoms with Gasteiger partial charge in [-0.2, -0.15) is 0 Å². The Labute approximate surface area is 108 Å². The van der Waals surface area contributed by atoms with E-state index in [9.17, 15) is 0 Å². The summed E-state index contributed by atoms with van der Waals surface area (Å²) in [6, 6.07) is 8.04. The van der Waals surface area contributed by atoms with Crippen molar-refractivity contribution < 1.29 is 0 Å². The van der Waals surface area contributed by atoms with E-state index in [0.717, 1.165) is 11.1 Å². The van der Waals surface area contributed by atoms with Gasteiger partial charge in [-0.05, 0) is 39.3 Å². The van der Waals surface area contributed by atoms with Gasteiger partial charge < -0.3 is 5.73 Å². The highest BCUT2D eigenvalue weighted by Gasteiger charge is 2.14. The molecule has 0 aliphatic rings. The molecule has 3 nitrogen and oxygen atoms in total. The molecule has 0 unspecified atom stereocenters. The SMILES string of the molecule is C[C@H](NSC(C)(C)C)c1cccc(C(=N)N)c1. The molecule has 1 aromatic carbocycles. The first-order valence-electron chi connectivity index (χ1n) is 5.67. The normalized spacial score (nSPS) is 13.4. The number of rotatable bonds is 4. The lowest BCUT2D eigenvalue weighted by molar-refractivity contribution is 0.724. The number of nitrogens with one attached hydrogen (secondary N) is 2. The zero-order valence-electron chi connectivity index (χ0n) is 10.9. The van der Waals surface area contributed by atoms with Crippen LogP contribution in [0.5, 0.6) is 0 Å². The second-order valence-electron chi connectivity index (χ2n) is 5.09. The van der Waals surface area contributed by atoms with E-state index < -0.39 is 0 Å². The Morgan fingerprint density at radius 2 is 2.06 bits per heavy atom. The molecule has 1 atom stereocenters. The number of nitrogen functional groups attached to an aromatic ring is 1. The minimum atomic E-state index is 0.113. The summed E-state index contributed by atoms with van der Waals surface area (Å²) in [4.78, 5) is 0. The van der Waals surface area contributed by atoms with E-state index in [2.05, 4.69) is 32.4 Å². The summed E-state index contributed by atoms with van der Waals surface area (Å²) in [5, 5.41) is 7.43. The summed E-state index contributed by atoms with van der Waals surface area (Å²) in [6.07, 6.45) is 0. The van der Waals surface area contributed by atoms with Gasteiger partial charge in [-0.15, -0.1) is 0 Å². The largest absolute Gasteiger partial charge is 0.384 e. The third-order valence-electron chi connectivity index (χ3n) is 2.24. The molecule has 0 saturated heterocycles. The summed E-state index contributed by atoms with van der Waals surface area (Å²) in [7, 11) is 0. The monoisotopic (exact) mass is 251 g/mol. The molecule has 17 heavy (non-hydrogen) atoms. The van der Waals surface area contributed by atoms with Crippen molar-refractivity contribution in [1.29, 1.82) is 5.41 Å². The van der Waals surface area contributed by atoms with Crippen LogP contribution >= 0.6 is 11.9 Å². The van der Waals surface area contributed by atoms with Gasteiger partial charge in [0.2, 0.25) is 0 Å². The standard InChI is InChI=1S/C13H21N3S/c1-9(16-17-13(2,3)4)10-6-5-7-11(8-10)12(14)15/h5-9,16H,1-4H3,(H3,14,15)/t9-/m0/s1. The molecule has 0 aromatic heterocycles. The molecule has 4 heteroatoms. The Morgan fingerprint density at radius 1 is 1.41 bits per heavy atom. The number of hydrogen-bond acceptors (Lipinski definition) is 3.